The zero-order chi connectivity index (χ0) is 16.9. The molecule has 1 aromatic rings. The molecule has 0 heterocycles. The van der Waals surface area contributed by atoms with Crippen molar-refractivity contribution < 1.29 is 18.7 Å². The van der Waals surface area contributed by atoms with Crippen LogP contribution in [0.3, 0.4) is 0 Å². The van der Waals surface area contributed by atoms with Crippen LogP contribution in [0.25, 0.3) is 0 Å². The van der Waals surface area contributed by atoms with Gasteiger partial charge in [-0.05, 0) is 40.0 Å². The second kappa shape index (κ2) is 7.51. The van der Waals surface area contributed by atoms with Gasteiger partial charge in [-0.3, -0.25) is 4.90 Å². The lowest BCUT2D eigenvalue weighted by Gasteiger charge is -2.23. The molecule has 0 aliphatic heterocycles. The van der Waals surface area contributed by atoms with Gasteiger partial charge in [0, 0.05) is 24.2 Å². The summed E-state index contributed by atoms with van der Waals surface area (Å²) in [6.45, 7) is 6.93. The second-order valence-electron chi connectivity index (χ2n) is 6.10. The largest absolute Gasteiger partial charge is 0.409 e. The third-order valence-corrected chi connectivity index (χ3v) is 2.98. The number of amidine groups is 1. The van der Waals surface area contributed by atoms with E-state index in [1.165, 1.54) is 0 Å². The average Bonchev–Trinajstić information content (AvgIpc) is 2.40. The minimum Gasteiger partial charge on any atom is -0.409 e. The Balaban J connectivity index is 2.73. The Bertz CT molecular complexity index is 519. The van der Waals surface area contributed by atoms with Gasteiger partial charge in [0.25, 0.3) is 0 Å². The molecule has 0 saturated carbocycles. The van der Waals surface area contributed by atoms with E-state index in [1.54, 1.807) is 11.9 Å². The molecule has 0 amide bonds. The molecule has 7 heteroatoms. The standard InChI is InChI=1S/C15H23F2N3O2/c1-15(2,3)22-6-5-20(4)9-11-12(16)7-10(8-13(11)17)14(18)19-21/h7-8,21H,5-6,9H2,1-4H3,(H2,18,19). The maximum Gasteiger partial charge on any atom is 0.170 e. The monoisotopic (exact) mass is 315 g/mol. The molecule has 0 atom stereocenters. The predicted molar refractivity (Wildman–Crippen MR) is 80.9 cm³/mol. The van der Waals surface area contributed by atoms with E-state index in [4.69, 9.17) is 15.7 Å². The van der Waals surface area contributed by atoms with E-state index in [0.29, 0.717) is 13.2 Å². The lowest BCUT2D eigenvalue weighted by molar-refractivity contribution is -0.0115. The number of benzene rings is 1. The first-order valence-corrected chi connectivity index (χ1v) is 6.92. The fraction of sp³-hybridized carbons (Fsp3) is 0.533. The van der Waals surface area contributed by atoms with Gasteiger partial charge in [-0.15, -0.1) is 0 Å². The van der Waals surface area contributed by atoms with Gasteiger partial charge in [0.05, 0.1) is 12.2 Å². The molecule has 0 aliphatic carbocycles. The maximum absolute atomic E-state index is 14.0. The molecular formula is C15H23F2N3O2. The molecule has 0 aromatic heterocycles. The molecule has 22 heavy (non-hydrogen) atoms. The summed E-state index contributed by atoms with van der Waals surface area (Å²) in [4.78, 5) is 1.76. The van der Waals surface area contributed by atoms with Crippen LogP contribution in [-0.4, -0.2) is 41.7 Å². The van der Waals surface area contributed by atoms with Crippen molar-refractivity contribution in [3.8, 4) is 0 Å². The van der Waals surface area contributed by atoms with Crippen LogP contribution in [0.5, 0.6) is 0 Å². The van der Waals surface area contributed by atoms with Gasteiger partial charge in [-0.2, -0.15) is 0 Å². The van der Waals surface area contributed by atoms with Gasteiger partial charge in [-0.25, -0.2) is 8.78 Å². The summed E-state index contributed by atoms with van der Waals surface area (Å²) < 4.78 is 33.6. The molecule has 0 unspecified atom stereocenters. The zero-order valence-corrected chi connectivity index (χ0v) is 13.4. The highest BCUT2D eigenvalue weighted by molar-refractivity contribution is 5.97. The summed E-state index contributed by atoms with van der Waals surface area (Å²) in [7, 11) is 1.75. The molecule has 1 aromatic carbocycles. The molecule has 0 aliphatic rings. The maximum atomic E-state index is 14.0. The first-order valence-electron chi connectivity index (χ1n) is 6.92. The highest BCUT2D eigenvalue weighted by Crippen LogP contribution is 2.17. The minimum absolute atomic E-state index is 0.0000287. The second-order valence-corrected chi connectivity index (χ2v) is 6.10. The number of rotatable bonds is 6. The first-order chi connectivity index (χ1) is 10.1. The Morgan fingerprint density at radius 1 is 1.32 bits per heavy atom. The van der Waals surface area contributed by atoms with Crippen molar-refractivity contribution >= 4 is 5.84 Å². The van der Waals surface area contributed by atoms with Crippen LogP contribution in [-0.2, 0) is 11.3 Å². The summed E-state index contributed by atoms with van der Waals surface area (Å²) in [5.41, 5.74) is 5.02. The molecule has 124 valence electrons. The van der Waals surface area contributed by atoms with Gasteiger partial charge in [0.1, 0.15) is 11.6 Å². The van der Waals surface area contributed by atoms with Crippen molar-refractivity contribution in [3.05, 3.63) is 34.9 Å². The van der Waals surface area contributed by atoms with Gasteiger partial charge in [-0.1, -0.05) is 5.16 Å². The predicted octanol–water partition coefficient (Wildman–Crippen LogP) is 2.31. The van der Waals surface area contributed by atoms with Crippen LogP contribution in [0.4, 0.5) is 8.78 Å². The van der Waals surface area contributed by atoms with Gasteiger partial charge in [0.15, 0.2) is 5.84 Å². The van der Waals surface area contributed by atoms with Crippen molar-refractivity contribution in [1.29, 1.82) is 0 Å². The van der Waals surface area contributed by atoms with Gasteiger partial charge in [0.2, 0.25) is 0 Å². The molecule has 5 nitrogen and oxygen atoms in total. The van der Waals surface area contributed by atoms with Crippen LogP contribution in [0, 0.1) is 11.6 Å². The first kappa shape index (κ1) is 18.3. The summed E-state index contributed by atoms with van der Waals surface area (Å²) in [5.74, 6) is -1.80. The number of hydrogen-bond donors (Lipinski definition) is 2. The van der Waals surface area contributed by atoms with Gasteiger partial charge < -0.3 is 15.7 Å². The summed E-state index contributed by atoms with van der Waals surface area (Å²) >= 11 is 0. The molecule has 0 fully saturated rings. The third kappa shape index (κ3) is 5.57. The highest BCUT2D eigenvalue weighted by Gasteiger charge is 2.16. The summed E-state index contributed by atoms with van der Waals surface area (Å²) in [6.07, 6.45) is 0. The molecule has 0 spiro atoms. The van der Waals surface area contributed by atoms with Crippen molar-refractivity contribution in [1.82, 2.24) is 4.90 Å². The van der Waals surface area contributed by atoms with E-state index in [2.05, 4.69) is 5.16 Å². The zero-order valence-electron chi connectivity index (χ0n) is 13.4. The Hall–Kier alpha value is -1.73. The number of halogens is 2. The lowest BCUT2D eigenvalue weighted by atomic mass is 10.1. The molecular weight excluding hydrogens is 292 g/mol. The van der Waals surface area contributed by atoms with Crippen LogP contribution < -0.4 is 5.73 Å². The van der Waals surface area contributed by atoms with E-state index in [-0.39, 0.29) is 29.1 Å². The Morgan fingerprint density at radius 3 is 2.32 bits per heavy atom. The molecule has 0 radical (unpaired) electrons. The molecule has 3 N–H and O–H groups in total. The average molecular weight is 315 g/mol. The fourth-order valence-corrected chi connectivity index (χ4v) is 1.82. The van der Waals surface area contributed by atoms with E-state index < -0.39 is 11.6 Å². The normalized spacial score (nSPS) is 13.0. The SMILES string of the molecule is CN(CCOC(C)(C)C)Cc1c(F)cc(C(N)=NO)cc1F. The van der Waals surface area contributed by atoms with Crippen molar-refractivity contribution in [2.24, 2.45) is 10.9 Å². The van der Waals surface area contributed by atoms with E-state index in [9.17, 15) is 8.78 Å². The lowest BCUT2D eigenvalue weighted by Crippen LogP contribution is -2.28. The Kier molecular flexibility index (Phi) is 6.25. The summed E-state index contributed by atoms with van der Waals surface area (Å²) in [6, 6.07) is 2.10. The summed E-state index contributed by atoms with van der Waals surface area (Å²) in [5, 5.41) is 11.3. The van der Waals surface area contributed by atoms with Crippen molar-refractivity contribution in [3.63, 3.8) is 0 Å². The highest BCUT2D eigenvalue weighted by atomic mass is 19.1. The molecule has 1 rings (SSSR count). The molecule has 0 bridgehead atoms. The van der Waals surface area contributed by atoms with Gasteiger partial charge >= 0.3 is 0 Å². The van der Waals surface area contributed by atoms with Crippen molar-refractivity contribution in [2.75, 3.05) is 20.2 Å². The number of ether oxygens (including phenoxy) is 1. The van der Waals surface area contributed by atoms with Crippen LogP contribution in [0.1, 0.15) is 31.9 Å². The van der Waals surface area contributed by atoms with Crippen molar-refractivity contribution in [2.45, 2.75) is 32.9 Å². The third-order valence-electron chi connectivity index (χ3n) is 2.98. The Labute approximate surface area is 129 Å². The fourth-order valence-electron chi connectivity index (χ4n) is 1.82. The Morgan fingerprint density at radius 2 is 1.86 bits per heavy atom. The van der Waals surface area contributed by atoms with Crippen LogP contribution in [0.2, 0.25) is 0 Å². The van der Waals surface area contributed by atoms with E-state index >= 15 is 0 Å². The minimum atomic E-state index is -0.731. The number of nitrogens with zero attached hydrogens (tertiary/aromatic N) is 2. The van der Waals surface area contributed by atoms with E-state index in [1.807, 2.05) is 20.8 Å². The van der Waals surface area contributed by atoms with E-state index in [0.717, 1.165) is 12.1 Å². The number of likely N-dealkylation sites (N-methyl/N-ethyl adjacent to an activating group) is 1. The number of nitrogens with two attached hydrogens (primary N) is 1. The topological polar surface area (TPSA) is 71.1 Å². The number of hydrogen-bond acceptors (Lipinski definition) is 4. The van der Waals surface area contributed by atoms with Crippen LogP contribution in [0.15, 0.2) is 17.3 Å². The molecule has 0 saturated heterocycles. The number of oxime groups is 1. The smallest absolute Gasteiger partial charge is 0.170 e. The quantitative estimate of drug-likeness (QED) is 0.366. The van der Waals surface area contributed by atoms with Crippen LogP contribution >= 0.6 is 0 Å².